The van der Waals surface area contributed by atoms with Crippen molar-refractivity contribution in [3.05, 3.63) is 29.6 Å². The third kappa shape index (κ3) is 5.06. The van der Waals surface area contributed by atoms with Gasteiger partial charge in [-0.2, -0.15) is 0 Å². The lowest BCUT2D eigenvalue weighted by Crippen LogP contribution is -2.45. The number of aryl methyl sites for hydroxylation is 1. The lowest BCUT2D eigenvalue weighted by Gasteiger charge is -2.25. The number of urea groups is 1. The number of aromatic nitrogens is 1. The van der Waals surface area contributed by atoms with Gasteiger partial charge in [-0.3, -0.25) is 9.78 Å². The zero-order valence-corrected chi connectivity index (χ0v) is 13.0. The molecule has 0 saturated carbocycles. The standard InChI is InChI=1S/C15H23N3O3/c1-5-18(9-12-8-6-7-11(2)17-12)14(21)16-10-15(3,4)13(19)20/h6-8H,5,9-10H2,1-4H3,(H,16,21)(H,19,20). The van der Waals surface area contributed by atoms with Crippen molar-refractivity contribution in [1.29, 1.82) is 0 Å². The molecule has 0 aliphatic carbocycles. The lowest BCUT2D eigenvalue weighted by atomic mass is 9.94. The Balaban J connectivity index is 2.64. The number of aliphatic carboxylic acids is 1. The third-order valence-corrected chi connectivity index (χ3v) is 3.23. The van der Waals surface area contributed by atoms with Crippen molar-refractivity contribution < 1.29 is 14.7 Å². The van der Waals surface area contributed by atoms with Gasteiger partial charge in [-0.1, -0.05) is 6.07 Å². The van der Waals surface area contributed by atoms with E-state index in [1.165, 1.54) is 0 Å². The highest BCUT2D eigenvalue weighted by molar-refractivity contribution is 5.77. The maximum atomic E-state index is 12.1. The fourth-order valence-electron chi connectivity index (χ4n) is 1.69. The van der Waals surface area contributed by atoms with Crippen molar-refractivity contribution in [2.45, 2.75) is 34.2 Å². The summed E-state index contributed by atoms with van der Waals surface area (Å²) in [6.07, 6.45) is 0. The molecule has 0 unspecified atom stereocenters. The van der Waals surface area contributed by atoms with Crippen LogP contribution in [0.15, 0.2) is 18.2 Å². The normalized spacial score (nSPS) is 11.0. The van der Waals surface area contributed by atoms with Crippen molar-refractivity contribution in [1.82, 2.24) is 15.2 Å². The molecular weight excluding hydrogens is 270 g/mol. The minimum Gasteiger partial charge on any atom is -0.481 e. The lowest BCUT2D eigenvalue weighted by molar-refractivity contribution is -0.146. The first-order valence-electron chi connectivity index (χ1n) is 6.95. The molecule has 1 aromatic heterocycles. The second kappa shape index (κ2) is 7.06. The van der Waals surface area contributed by atoms with Gasteiger partial charge in [0.2, 0.25) is 0 Å². The van der Waals surface area contributed by atoms with Crippen LogP contribution in [0.5, 0.6) is 0 Å². The minimum absolute atomic E-state index is 0.0823. The summed E-state index contributed by atoms with van der Waals surface area (Å²) >= 11 is 0. The van der Waals surface area contributed by atoms with Crippen LogP contribution in [0.25, 0.3) is 0 Å². The number of pyridine rings is 1. The summed E-state index contributed by atoms with van der Waals surface area (Å²) in [7, 11) is 0. The van der Waals surface area contributed by atoms with Gasteiger partial charge in [0.15, 0.2) is 0 Å². The van der Waals surface area contributed by atoms with Crippen molar-refractivity contribution >= 4 is 12.0 Å². The summed E-state index contributed by atoms with van der Waals surface area (Å²) in [5.41, 5.74) is 0.719. The number of carbonyl (C=O) groups is 2. The van der Waals surface area contributed by atoms with Crippen LogP contribution < -0.4 is 5.32 Å². The average molecular weight is 293 g/mol. The van der Waals surface area contributed by atoms with Gasteiger partial charge in [0.1, 0.15) is 0 Å². The molecule has 2 amide bonds. The van der Waals surface area contributed by atoms with Crippen LogP contribution >= 0.6 is 0 Å². The number of hydrogen-bond donors (Lipinski definition) is 2. The first-order valence-corrected chi connectivity index (χ1v) is 6.95. The molecule has 6 nitrogen and oxygen atoms in total. The van der Waals surface area contributed by atoms with Gasteiger partial charge in [-0.15, -0.1) is 0 Å². The molecule has 0 spiro atoms. The molecule has 0 aromatic carbocycles. The van der Waals surface area contributed by atoms with Crippen molar-refractivity contribution in [3.63, 3.8) is 0 Å². The number of carbonyl (C=O) groups excluding carboxylic acids is 1. The molecule has 1 aromatic rings. The van der Waals surface area contributed by atoms with E-state index in [0.717, 1.165) is 11.4 Å². The van der Waals surface area contributed by atoms with E-state index in [1.54, 1.807) is 18.7 Å². The third-order valence-electron chi connectivity index (χ3n) is 3.23. The van der Waals surface area contributed by atoms with E-state index in [2.05, 4.69) is 10.3 Å². The smallest absolute Gasteiger partial charge is 0.317 e. The molecule has 1 heterocycles. The van der Waals surface area contributed by atoms with Crippen molar-refractivity contribution in [2.75, 3.05) is 13.1 Å². The second-order valence-electron chi connectivity index (χ2n) is 5.63. The number of amides is 2. The molecule has 21 heavy (non-hydrogen) atoms. The quantitative estimate of drug-likeness (QED) is 0.840. The van der Waals surface area contributed by atoms with E-state index < -0.39 is 11.4 Å². The maximum absolute atomic E-state index is 12.1. The Labute approximate surface area is 125 Å². The SMILES string of the molecule is CCN(Cc1cccc(C)n1)C(=O)NCC(C)(C)C(=O)O. The van der Waals surface area contributed by atoms with Crippen LogP contribution in [0.2, 0.25) is 0 Å². The number of carboxylic acid groups (broad SMARTS) is 1. The second-order valence-corrected chi connectivity index (χ2v) is 5.63. The number of nitrogens with zero attached hydrogens (tertiary/aromatic N) is 2. The van der Waals surface area contributed by atoms with E-state index in [9.17, 15) is 9.59 Å². The Bertz CT molecular complexity index is 515. The average Bonchev–Trinajstić information content (AvgIpc) is 2.42. The van der Waals surface area contributed by atoms with Crippen molar-refractivity contribution in [3.8, 4) is 0 Å². The Kier molecular flexibility index (Phi) is 5.69. The molecule has 2 N–H and O–H groups in total. The Hall–Kier alpha value is -2.11. The van der Waals surface area contributed by atoms with E-state index in [1.807, 2.05) is 32.0 Å². The molecule has 1 rings (SSSR count). The molecule has 6 heteroatoms. The fraction of sp³-hybridized carbons (Fsp3) is 0.533. The van der Waals surface area contributed by atoms with Gasteiger partial charge in [0.05, 0.1) is 17.7 Å². The number of rotatable bonds is 6. The molecular formula is C15H23N3O3. The first kappa shape index (κ1) is 16.9. The number of hydrogen-bond acceptors (Lipinski definition) is 3. The molecule has 0 saturated heterocycles. The largest absolute Gasteiger partial charge is 0.481 e. The summed E-state index contributed by atoms with van der Waals surface area (Å²) in [4.78, 5) is 29.1. The topological polar surface area (TPSA) is 82.5 Å². The monoisotopic (exact) mass is 293 g/mol. The number of nitrogens with one attached hydrogen (secondary N) is 1. The summed E-state index contributed by atoms with van der Waals surface area (Å²) in [5, 5.41) is 11.7. The summed E-state index contributed by atoms with van der Waals surface area (Å²) in [6, 6.07) is 5.38. The first-order chi connectivity index (χ1) is 9.76. The van der Waals surface area contributed by atoms with Crippen LogP contribution in [-0.4, -0.2) is 40.1 Å². The predicted molar refractivity (Wildman–Crippen MR) is 79.9 cm³/mol. The molecule has 0 aliphatic rings. The Morgan fingerprint density at radius 3 is 2.57 bits per heavy atom. The summed E-state index contributed by atoms with van der Waals surface area (Å²) in [6.45, 7) is 7.93. The Morgan fingerprint density at radius 1 is 1.38 bits per heavy atom. The molecule has 0 bridgehead atoms. The molecule has 0 atom stereocenters. The fourth-order valence-corrected chi connectivity index (χ4v) is 1.69. The van der Waals surface area contributed by atoms with E-state index in [0.29, 0.717) is 13.1 Å². The zero-order valence-electron chi connectivity index (χ0n) is 13.0. The summed E-state index contributed by atoms with van der Waals surface area (Å²) < 4.78 is 0. The summed E-state index contributed by atoms with van der Waals surface area (Å²) in [5.74, 6) is -0.939. The highest BCUT2D eigenvalue weighted by Gasteiger charge is 2.28. The van der Waals surface area contributed by atoms with Crippen LogP contribution in [0, 0.1) is 12.3 Å². The molecule has 0 aliphatic heterocycles. The van der Waals surface area contributed by atoms with Gasteiger partial charge in [-0.05, 0) is 39.8 Å². The van der Waals surface area contributed by atoms with Gasteiger partial charge in [0.25, 0.3) is 0 Å². The predicted octanol–water partition coefficient (Wildman–Crippen LogP) is 2.03. The van der Waals surface area contributed by atoms with E-state index in [4.69, 9.17) is 5.11 Å². The van der Waals surface area contributed by atoms with Gasteiger partial charge >= 0.3 is 12.0 Å². The van der Waals surface area contributed by atoms with Crippen LogP contribution in [0.1, 0.15) is 32.2 Å². The van der Waals surface area contributed by atoms with E-state index in [-0.39, 0.29) is 12.6 Å². The minimum atomic E-state index is -0.989. The molecule has 116 valence electrons. The van der Waals surface area contributed by atoms with Crippen LogP contribution in [0.4, 0.5) is 4.79 Å². The molecule has 0 fully saturated rings. The van der Waals surface area contributed by atoms with Crippen LogP contribution in [0.3, 0.4) is 0 Å². The zero-order chi connectivity index (χ0) is 16.0. The van der Waals surface area contributed by atoms with Gasteiger partial charge < -0.3 is 15.3 Å². The van der Waals surface area contributed by atoms with Crippen molar-refractivity contribution in [2.24, 2.45) is 5.41 Å². The van der Waals surface area contributed by atoms with E-state index >= 15 is 0 Å². The highest BCUT2D eigenvalue weighted by atomic mass is 16.4. The molecule has 0 radical (unpaired) electrons. The highest BCUT2D eigenvalue weighted by Crippen LogP contribution is 2.13. The van der Waals surface area contributed by atoms with Gasteiger partial charge in [-0.25, -0.2) is 4.79 Å². The maximum Gasteiger partial charge on any atom is 0.317 e. The Morgan fingerprint density at radius 2 is 2.05 bits per heavy atom. The van der Waals surface area contributed by atoms with Crippen LogP contribution in [-0.2, 0) is 11.3 Å². The van der Waals surface area contributed by atoms with Gasteiger partial charge in [0, 0.05) is 18.8 Å². The number of carboxylic acids is 1.